The number of rotatable bonds is 3. The second-order valence-corrected chi connectivity index (χ2v) is 5.56. The van der Waals surface area contributed by atoms with Crippen molar-refractivity contribution in [2.45, 2.75) is 51.6 Å². The molecule has 86 valence electrons. The van der Waals surface area contributed by atoms with Gasteiger partial charge in [0.15, 0.2) is 0 Å². The second-order valence-electron chi connectivity index (χ2n) is 5.56. The summed E-state index contributed by atoms with van der Waals surface area (Å²) in [6.07, 6.45) is 4.55. The molecule has 0 radical (unpaired) electrons. The largest absolute Gasteiger partial charge is 0.338 e. The van der Waals surface area contributed by atoms with Gasteiger partial charge in [-0.3, -0.25) is 4.79 Å². The summed E-state index contributed by atoms with van der Waals surface area (Å²) < 4.78 is 0. The maximum Gasteiger partial charge on any atom is 0.239 e. The number of piperidine rings is 1. The van der Waals surface area contributed by atoms with Gasteiger partial charge < -0.3 is 10.6 Å². The highest BCUT2D eigenvalue weighted by atomic mass is 16.2. The Hall–Kier alpha value is -0.570. The number of carbonyl (C=O) groups is 1. The van der Waals surface area contributed by atoms with Gasteiger partial charge in [0.25, 0.3) is 0 Å². The van der Waals surface area contributed by atoms with E-state index in [1.807, 2.05) is 4.90 Å². The van der Waals surface area contributed by atoms with Crippen LogP contribution < -0.4 is 5.73 Å². The maximum absolute atomic E-state index is 12.1. The number of amides is 1. The molecule has 1 amide bonds. The monoisotopic (exact) mass is 210 g/mol. The van der Waals surface area contributed by atoms with Crippen LogP contribution in [0.2, 0.25) is 0 Å². The third-order valence-electron chi connectivity index (χ3n) is 3.73. The standard InChI is InChI=1S/C12H22N2O/c1-8(2)5-11(13)12(15)14-7-9-3-4-10(14)6-9/h8-11H,3-7,13H2,1-2H3/t9?,10?,11-/m1/s1. The molecule has 1 heterocycles. The molecule has 2 fully saturated rings. The van der Waals surface area contributed by atoms with Gasteiger partial charge in [0.2, 0.25) is 5.91 Å². The van der Waals surface area contributed by atoms with Crippen molar-refractivity contribution in [3.05, 3.63) is 0 Å². The van der Waals surface area contributed by atoms with Gasteiger partial charge in [0.1, 0.15) is 0 Å². The molecule has 0 aromatic heterocycles. The zero-order valence-corrected chi connectivity index (χ0v) is 9.78. The van der Waals surface area contributed by atoms with E-state index in [0.29, 0.717) is 12.0 Å². The smallest absolute Gasteiger partial charge is 0.239 e. The molecule has 0 aromatic carbocycles. The van der Waals surface area contributed by atoms with E-state index in [-0.39, 0.29) is 11.9 Å². The number of likely N-dealkylation sites (tertiary alicyclic amines) is 1. The molecule has 1 aliphatic carbocycles. The number of hydrogen-bond donors (Lipinski definition) is 1. The quantitative estimate of drug-likeness (QED) is 0.764. The van der Waals surface area contributed by atoms with E-state index in [2.05, 4.69) is 13.8 Å². The van der Waals surface area contributed by atoms with Crippen LogP contribution in [0.1, 0.15) is 39.5 Å². The molecular weight excluding hydrogens is 188 g/mol. The fourth-order valence-electron chi connectivity index (χ4n) is 3.02. The zero-order valence-electron chi connectivity index (χ0n) is 9.78. The normalized spacial score (nSPS) is 31.3. The van der Waals surface area contributed by atoms with Crippen LogP contribution in [0.15, 0.2) is 0 Å². The lowest BCUT2D eigenvalue weighted by molar-refractivity contribution is -0.134. The third kappa shape index (κ3) is 2.17. The molecule has 1 aliphatic heterocycles. The summed E-state index contributed by atoms with van der Waals surface area (Å²) in [5.41, 5.74) is 5.94. The first-order valence-electron chi connectivity index (χ1n) is 6.14. The Morgan fingerprint density at radius 2 is 2.20 bits per heavy atom. The maximum atomic E-state index is 12.1. The molecule has 0 aromatic rings. The molecule has 2 bridgehead atoms. The predicted molar refractivity (Wildman–Crippen MR) is 60.3 cm³/mol. The van der Waals surface area contributed by atoms with Crippen molar-refractivity contribution in [3.63, 3.8) is 0 Å². The van der Waals surface area contributed by atoms with Crippen molar-refractivity contribution in [1.82, 2.24) is 4.90 Å². The summed E-state index contributed by atoms with van der Waals surface area (Å²) in [7, 11) is 0. The third-order valence-corrected chi connectivity index (χ3v) is 3.73. The first-order chi connectivity index (χ1) is 7.08. The van der Waals surface area contributed by atoms with E-state index >= 15 is 0 Å². The number of carbonyl (C=O) groups excluding carboxylic acids is 1. The Bertz CT molecular complexity index is 252. The summed E-state index contributed by atoms with van der Waals surface area (Å²) in [4.78, 5) is 14.1. The molecule has 1 saturated carbocycles. The van der Waals surface area contributed by atoms with E-state index in [1.54, 1.807) is 0 Å². The minimum atomic E-state index is -0.274. The lowest BCUT2D eigenvalue weighted by Gasteiger charge is -2.29. The predicted octanol–water partition coefficient (Wildman–Crippen LogP) is 1.37. The van der Waals surface area contributed by atoms with E-state index in [1.165, 1.54) is 19.3 Å². The highest BCUT2D eigenvalue weighted by molar-refractivity contribution is 5.82. The van der Waals surface area contributed by atoms with Crippen LogP contribution in [-0.4, -0.2) is 29.4 Å². The minimum absolute atomic E-state index is 0.191. The van der Waals surface area contributed by atoms with Crippen LogP contribution in [-0.2, 0) is 4.79 Å². The van der Waals surface area contributed by atoms with Crippen LogP contribution in [0.5, 0.6) is 0 Å². The van der Waals surface area contributed by atoms with Crippen LogP contribution >= 0.6 is 0 Å². The topological polar surface area (TPSA) is 46.3 Å². The van der Waals surface area contributed by atoms with Crippen molar-refractivity contribution in [2.24, 2.45) is 17.6 Å². The zero-order chi connectivity index (χ0) is 11.0. The lowest BCUT2D eigenvalue weighted by atomic mass is 10.0. The molecule has 3 heteroatoms. The van der Waals surface area contributed by atoms with Crippen LogP contribution in [0.3, 0.4) is 0 Å². The molecule has 2 unspecified atom stereocenters. The summed E-state index contributed by atoms with van der Waals surface area (Å²) >= 11 is 0. The molecule has 3 nitrogen and oxygen atoms in total. The summed E-state index contributed by atoms with van der Waals surface area (Å²) in [5, 5.41) is 0. The number of nitrogens with zero attached hydrogens (tertiary/aromatic N) is 1. The minimum Gasteiger partial charge on any atom is -0.338 e. The van der Waals surface area contributed by atoms with Gasteiger partial charge in [-0.1, -0.05) is 13.8 Å². The average Bonchev–Trinajstić information content (AvgIpc) is 2.76. The number of fused-ring (bicyclic) bond motifs is 2. The Morgan fingerprint density at radius 3 is 2.67 bits per heavy atom. The Balaban J connectivity index is 1.91. The highest BCUT2D eigenvalue weighted by Gasteiger charge is 2.41. The Morgan fingerprint density at radius 1 is 1.47 bits per heavy atom. The van der Waals surface area contributed by atoms with Gasteiger partial charge >= 0.3 is 0 Å². The van der Waals surface area contributed by atoms with Crippen LogP contribution in [0, 0.1) is 11.8 Å². The van der Waals surface area contributed by atoms with Crippen molar-refractivity contribution in [2.75, 3.05) is 6.54 Å². The molecule has 2 rings (SSSR count). The highest BCUT2D eigenvalue weighted by Crippen LogP contribution is 2.37. The first kappa shape index (κ1) is 10.9. The van der Waals surface area contributed by atoms with Gasteiger partial charge in [-0.25, -0.2) is 0 Å². The van der Waals surface area contributed by atoms with Gasteiger partial charge in [0, 0.05) is 12.6 Å². The number of nitrogens with two attached hydrogens (primary N) is 1. The van der Waals surface area contributed by atoms with Gasteiger partial charge in [-0.05, 0) is 37.5 Å². The molecule has 2 aliphatic rings. The Labute approximate surface area is 92.0 Å². The Kier molecular flexibility index (Phi) is 3.01. The van der Waals surface area contributed by atoms with Gasteiger partial charge in [0.05, 0.1) is 6.04 Å². The lowest BCUT2D eigenvalue weighted by Crippen LogP contribution is -2.47. The van der Waals surface area contributed by atoms with Crippen molar-refractivity contribution in [1.29, 1.82) is 0 Å². The van der Waals surface area contributed by atoms with Crippen molar-refractivity contribution < 1.29 is 4.79 Å². The molecule has 3 atom stereocenters. The fourth-order valence-corrected chi connectivity index (χ4v) is 3.02. The number of hydrogen-bond acceptors (Lipinski definition) is 2. The first-order valence-corrected chi connectivity index (χ1v) is 6.14. The van der Waals surface area contributed by atoms with E-state index in [4.69, 9.17) is 5.73 Å². The molecule has 1 saturated heterocycles. The van der Waals surface area contributed by atoms with Crippen molar-refractivity contribution >= 4 is 5.91 Å². The SMILES string of the molecule is CC(C)C[C@@H](N)C(=O)N1CC2CCC1C2. The molecule has 15 heavy (non-hydrogen) atoms. The molecule has 0 spiro atoms. The fraction of sp³-hybridized carbons (Fsp3) is 0.917. The van der Waals surface area contributed by atoms with Crippen LogP contribution in [0.25, 0.3) is 0 Å². The van der Waals surface area contributed by atoms with Crippen molar-refractivity contribution in [3.8, 4) is 0 Å². The van der Waals surface area contributed by atoms with Gasteiger partial charge in [-0.15, -0.1) is 0 Å². The van der Waals surface area contributed by atoms with E-state index < -0.39 is 0 Å². The summed E-state index contributed by atoms with van der Waals surface area (Å²) in [6.45, 7) is 5.20. The summed E-state index contributed by atoms with van der Waals surface area (Å²) in [5.74, 6) is 1.46. The van der Waals surface area contributed by atoms with Crippen LogP contribution in [0.4, 0.5) is 0 Å². The van der Waals surface area contributed by atoms with Gasteiger partial charge in [-0.2, -0.15) is 0 Å². The second kappa shape index (κ2) is 4.12. The van der Waals surface area contributed by atoms with E-state index in [9.17, 15) is 4.79 Å². The molecular formula is C12H22N2O. The molecule has 2 N–H and O–H groups in total. The average molecular weight is 210 g/mol. The van der Waals surface area contributed by atoms with E-state index in [0.717, 1.165) is 18.9 Å². The summed E-state index contributed by atoms with van der Waals surface area (Å²) in [6, 6.07) is 0.241.